The third kappa shape index (κ3) is 4.60. The molecule has 1 aromatic rings. The lowest BCUT2D eigenvalue weighted by atomic mass is 10.00. The van der Waals surface area contributed by atoms with E-state index in [0.29, 0.717) is 16.9 Å². The first-order chi connectivity index (χ1) is 8.04. The van der Waals surface area contributed by atoms with E-state index in [0.717, 1.165) is 12.3 Å². The smallest absolute Gasteiger partial charge is 0.115 e. The summed E-state index contributed by atoms with van der Waals surface area (Å²) in [5.74, 6) is 2.02. The maximum Gasteiger partial charge on any atom is 0.115 e. The van der Waals surface area contributed by atoms with Crippen molar-refractivity contribution in [3.8, 4) is 5.75 Å². The Morgan fingerprint density at radius 2 is 2.06 bits per heavy atom. The molecule has 2 atom stereocenters. The number of phenolic OH excluding ortho intramolecular Hbond substituents is 1. The summed E-state index contributed by atoms with van der Waals surface area (Å²) in [7, 11) is 4.21. The number of benzene rings is 1. The molecular weight excluding hydrogens is 230 g/mol. The average molecular weight is 253 g/mol. The van der Waals surface area contributed by atoms with Crippen LogP contribution in [0.25, 0.3) is 0 Å². The van der Waals surface area contributed by atoms with Gasteiger partial charge >= 0.3 is 0 Å². The normalized spacial score (nSPS) is 14.9. The highest BCUT2D eigenvalue weighted by Crippen LogP contribution is 2.37. The molecular formula is C14H23NOS. The summed E-state index contributed by atoms with van der Waals surface area (Å²) in [5, 5.41) is 10.0. The molecule has 0 aliphatic rings. The Morgan fingerprint density at radius 3 is 2.59 bits per heavy atom. The molecule has 1 aromatic carbocycles. The van der Waals surface area contributed by atoms with E-state index in [1.807, 2.05) is 23.9 Å². The summed E-state index contributed by atoms with van der Waals surface area (Å²) in [6.07, 6.45) is 0. The largest absolute Gasteiger partial charge is 0.508 e. The van der Waals surface area contributed by atoms with E-state index in [2.05, 4.69) is 38.9 Å². The van der Waals surface area contributed by atoms with Gasteiger partial charge in [0, 0.05) is 11.8 Å². The van der Waals surface area contributed by atoms with Crippen LogP contribution in [0.5, 0.6) is 5.75 Å². The van der Waals surface area contributed by atoms with E-state index in [-0.39, 0.29) is 0 Å². The highest BCUT2D eigenvalue weighted by atomic mass is 32.2. The van der Waals surface area contributed by atoms with Gasteiger partial charge in [-0.15, -0.1) is 0 Å². The molecule has 0 amide bonds. The van der Waals surface area contributed by atoms with Crippen LogP contribution in [-0.2, 0) is 0 Å². The van der Waals surface area contributed by atoms with E-state index in [9.17, 15) is 5.11 Å². The van der Waals surface area contributed by atoms with Gasteiger partial charge in [-0.2, -0.15) is 11.8 Å². The molecule has 0 unspecified atom stereocenters. The fourth-order valence-corrected chi connectivity index (χ4v) is 3.25. The summed E-state index contributed by atoms with van der Waals surface area (Å²) < 4.78 is 0. The van der Waals surface area contributed by atoms with E-state index in [4.69, 9.17) is 0 Å². The van der Waals surface area contributed by atoms with Crippen LogP contribution in [0.3, 0.4) is 0 Å². The van der Waals surface area contributed by atoms with Crippen molar-refractivity contribution in [2.45, 2.75) is 19.1 Å². The Morgan fingerprint density at radius 1 is 1.35 bits per heavy atom. The van der Waals surface area contributed by atoms with Gasteiger partial charge in [0.2, 0.25) is 0 Å². The Bertz CT molecular complexity index is 341. The molecule has 0 aromatic heterocycles. The Labute approximate surface area is 109 Å². The number of rotatable bonds is 6. The molecule has 0 bridgehead atoms. The van der Waals surface area contributed by atoms with Crippen LogP contribution in [0.1, 0.15) is 24.7 Å². The number of hydrogen-bond donors (Lipinski definition) is 1. The summed E-state index contributed by atoms with van der Waals surface area (Å²) in [6.45, 7) is 5.52. The van der Waals surface area contributed by atoms with Crippen molar-refractivity contribution in [1.29, 1.82) is 0 Å². The first-order valence-electron chi connectivity index (χ1n) is 6.09. The van der Waals surface area contributed by atoms with Crippen LogP contribution in [0.15, 0.2) is 24.3 Å². The minimum absolute atomic E-state index is 0.362. The number of aromatic hydroxyl groups is 1. The van der Waals surface area contributed by atoms with Gasteiger partial charge in [0.1, 0.15) is 5.75 Å². The fourth-order valence-electron chi connectivity index (χ4n) is 2.14. The van der Waals surface area contributed by atoms with Crippen molar-refractivity contribution < 1.29 is 5.11 Å². The van der Waals surface area contributed by atoms with Gasteiger partial charge in [0.25, 0.3) is 0 Å². The van der Waals surface area contributed by atoms with Crippen molar-refractivity contribution in [3.05, 3.63) is 29.8 Å². The monoisotopic (exact) mass is 253 g/mol. The van der Waals surface area contributed by atoms with Gasteiger partial charge < -0.3 is 10.0 Å². The van der Waals surface area contributed by atoms with Gasteiger partial charge in [-0.25, -0.2) is 0 Å². The van der Waals surface area contributed by atoms with Crippen LogP contribution in [0.4, 0.5) is 0 Å². The summed E-state index contributed by atoms with van der Waals surface area (Å²) in [5.41, 5.74) is 1.23. The van der Waals surface area contributed by atoms with E-state index >= 15 is 0 Å². The van der Waals surface area contributed by atoms with Crippen LogP contribution < -0.4 is 0 Å². The van der Waals surface area contributed by atoms with Crippen LogP contribution >= 0.6 is 11.8 Å². The van der Waals surface area contributed by atoms with E-state index in [1.54, 1.807) is 6.07 Å². The van der Waals surface area contributed by atoms with Gasteiger partial charge in [-0.05, 0) is 43.5 Å². The van der Waals surface area contributed by atoms with Crippen molar-refractivity contribution in [3.63, 3.8) is 0 Å². The molecule has 96 valence electrons. The third-order valence-corrected chi connectivity index (χ3v) is 4.14. The van der Waals surface area contributed by atoms with Crippen LogP contribution in [0.2, 0.25) is 0 Å². The Hall–Kier alpha value is -0.670. The van der Waals surface area contributed by atoms with Gasteiger partial charge in [-0.3, -0.25) is 0 Å². The molecule has 0 saturated heterocycles. The van der Waals surface area contributed by atoms with E-state index in [1.165, 1.54) is 5.56 Å². The second-order valence-corrected chi connectivity index (χ2v) is 6.13. The standard InChI is InChI=1S/C14H23NOS/c1-5-17-14(11(2)10-15(3)4)12-7-6-8-13(16)9-12/h6-9,11,14,16H,5,10H2,1-4H3/t11-,14+/m0/s1. The van der Waals surface area contributed by atoms with E-state index < -0.39 is 0 Å². The predicted octanol–water partition coefficient (Wildman–Crippen LogP) is 3.38. The van der Waals surface area contributed by atoms with Crippen molar-refractivity contribution in [2.75, 3.05) is 26.4 Å². The van der Waals surface area contributed by atoms with Gasteiger partial charge in [0.05, 0.1) is 0 Å². The molecule has 0 aliphatic heterocycles. The number of nitrogens with zero attached hydrogens (tertiary/aromatic N) is 1. The SMILES string of the molecule is CCS[C@@H](c1cccc(O)c1)[C@@H](C)CN(C)C. The number of phenols is 1. The van der Waals surface area contributed by atoms with Gasteiger partial charge in [0.15, 0.2) is 0 Å². The summed E-state index contributed by atoms with van der Waals surface area (Å²) in [6, 6.07) is 7.66. The Balaban J connectivity index is 2.84. The molecule has 0 radical (unpaired) electrons. The third-order valence-electron chi connectivity index (χ3n) is 2.71. The first-order valence-corrected chi connectivity index (χ1v) is 7.14. The molecule has 2 nitrogen and oxygen atoms in total. The quantitative estimate of drug-likeness (QED) is 0.840. The topological polar surface area (TPSA) is 23.5 Å². The maximum atomic E-state index is 9.57. The van der Waals surface area contributed by atoms with Gasteiger partial charge in [-0.1, -0.05) is 26.0 Å². The zero-order valence-corrected chi connectivity index (χ0v) is 12.0. The Kier molecular flexibility index (Phi) is 5.86. The summed E-state index contributed by atoms with van der Waals surface area (Å²) in [4.78, 5) is 2.22. The molecule has 0 spiro atoms. The van der Waals surface area contributed by atoms with Crippen LogP contribution in [0, 0.1) is 5.92 Å². The zero-order valence-electron chi connectivity index (χ0n) is 11.2. The van der Waals surface area contributed by atoms with Crippen LogP contribution in [-0.4, -0.2) is 36.4 Å². The van der Waals surface area contributed by atoms with Crippen molar-refractivity contribution in [2.24, 2.45) is 5.92 Å². The summed E-state index contributed by atoms with van der Waals surface area (Å²) >= 11 is 1.95. The lowest BCUT2D eigenvalue weighted by Gasteiger charge is -2.26. The second-order valence-electron chi connectivity index (χ2n) is 4.71. The first kappa shape index (κ1) is 14.4. The molecule has 0 saturated carbocycles. The highest BCUT2D eigenvalue weighted by Gasteiger charge is 2.20. The lowest BCUT2D eigenvalue weighted by molar-refractivity contribution is 0.335. The molecule has 3 heteroatoms. The minimum Gasteiger partial charge on any atom is -0.508 e. The maximum absolute atomic E-state index is 9.57. The predicted molar refractivity (Wildman–Crippen MR) is 76.7 cm³/mol. The zero-order chi connectivity index (χ0) is 12.8. The number of hydrogen-bond acceptors (Lipinski definition) is 3. The average Bonchev–Trinajstić information content (AvgIpc) is 2.24. The highest BCUT2D eigenvalue weighted by molar-refractivity contribution is 7.99. The molecule has 0 aliphatic carbocycles. The molecule has 1 N–H and O–H groups in total. The number of thioether (sulfide) groups is 1. The molecule has 0 heterocycles. The molecule has 17 heavy (non-hydrogen) atoms. The minimum atomic E-state index is 0.362. The molecule has 1 rings (SSSR count). The molecule has 0 fully saturated rings. The van der Waals surface area contributed by atoms with Crippen molar-refractivity contribution in [1.82, 2.24) is 4.90 Å². The second kappa shape index (κ2) is 6.92. The van der Waals surface area contributed by atoms with Crippen molar-refractivity contribution >= 4 is 11.8 Å². The fraction of sp³-hybridized carbons (Fsp3) is 0.571. The lowest BCUT2D eigenvalue weighted by Crippen LogP contribution is -2.23.